The van der Waals surface area contributed by atoms with E-state index in [1.165, 1.54) is 0 Å². The maximum absolute atomic E-state index is 11.8. The van der Waals surface area contributed by atoms with Crippen LogP contribution in [0.1, 0.15) is 19.3 Å². The van der Waals surface area contributed by atoms with Crippen molar-refractivity contribution in [1.82, 2.24) is 0 Å². The molecule has 6 heteroatoms. The van der Waals surface area contributed by atoms with E-state index in [-0.39, 0.29) is 23.5 Å². The van der Waals surface area contributed by atoms with Gasteiger partial charge in [0.2, 0.25) is 0 Å². The Morgan fingerprint density at radius 3 is 2.81 bits per heavy atom. The molecule has 0 unspecified atom stereocenters. The molecule has 112 valence electrons. The molecule has 0 fully saturated rings. The molecule has 1 aliphatic carbocycles. The van der Waals surface area contributed by atoms with Gasteiger partial charge in [-0.25, -0.2) is 0 Å². The SMILES string of the molecule is O=C(COC(=O)[C@@H]1CC=CCC1)Nc1cccc(Cl)c1Cl. The van der Waals surface area contributed by atoms with Crippen LogP contribution in [0.5, 0.6) is 0 Å². The van der Waals surface area contributed by atoms with Crippen LogP contribution in [0, 0.1) is 5.92 Å². The molecule has 1 amide bonds. The number of allylic oxidation sites excluding steroid dienone is 2. The van der Waals surface area contributed by atoms with Crippen molar-refractivity contribution in [2.24, 2.45) is 5.92 Å². The fourth-order valence-corrected chi connectivity index (χ4v) is 2.40. The van der Waals surface area contributed by atoms with Gasteiger partial charge in [0.25, 0.3) is 5.91 Å². The number of ether oxygens (including phenoxy) is 1. The van der Waals surface area contributed by atoms with Crippen LogP contribution >= 0.6 is 23.2 Å². The average molecular weight is 328 g/mol. The topological polar surface area (TPSA) is 55.4 Å². The zero-order valence-corrected chi connectivity index (χ0v) is 12.8. The Hall–Kier alpha value is -1.52. The van der Waals surface area contributed by atoms with Crippen LogP contribution in [-0.4, -0.2) is 18.5 Å². The van der Waals surface area contributed by atoms with Crippen molar-refractivity contribution in [3.63, 3.8) is 0 Å². The largest absolute Gasteiger partial charge is 0.455 e. The maximum Gasteiger partial charge on any atom is 0.309 e. The Bertz CT molecular complexity index is 572. The van der Waals surface area contributed by atoms with Gasteiger partial charge in [0.1, 0.15) is 0 Å². The van der Waals surface area contributed by atoms with Gasteiger partial charge in [0.15, 0.2) is 6.61 Å². The summed E-state index contributed by atoms with van der Waals surface area (Å²) in [6.07, 6.45) is 6.29. The molecule has 1 atom stereocenters. The number of rotatable bonds is 4. The third kappa shape index (κ3) is 4.48. The van der Waals surface area contributed by atoms with Crippen LogP contribution < -0.4 is 5.32 Å². The Balaban J connectivity index is 1.83. The first-order valence-corrected chi connectivity index (χ1v) is 7.39. The van der Waals surface area contributed by atoms with E-state index >= 15 is 0 Å². The summed E-state index contributed by atoms with van der Waals surface area (Å²) in [5.41, 5.74) is 0.394. The second kappa shape index (κ2) is 7.48. The Morgan fingerprint density at radius 1 is 1.29 bits per heavy atom. The lowest BCUT2D eigenvalue weighted by Gasteiger charge is -2.16. The van der Waals surface area contributed by atoms with E-state index in [1.807, 2.05) is 12.2 Å². The molecule has 1 N–H and O–H groups in total. The number of hydrogen-bond donors (Lipinski definition) is 1. The highest BCUT2D eigenvalue weighted by Crippen LogP contribution is 2.29. The fraction of sp³-hybridized carbons (Fsp3) is 0.333. The Labute approximate surface area is 133 Å². The molecule has 2 rings (SSSR count). The number of carbonyl (C=O) groups excluding carboxylic acids is 2. The van der Waals surface area contributed by atoms with E-state index in [1.54, 1.807) is 18.2 Å². The van der Waals surface area contributed by atoms with Gasteiger partial charge in [-0.3, -0.25) is 9.59 Å². The number of benzene rings is 1. The summed E-state index contributed by atoms with van der Waals surface area (Å²) in [6.45, 7) is -0.331. The van der Waals surface area contributed by atoms with E-state index in [9.17, 15) is 9.59 Å². The standard InChI is InChI=1S/C15H15Cl2NO3/c16-11-7-4-8-12(14(11)17)18-13(19)9-21-15(20)10-5-2-1-3-6-10/h1-2,4,7-8,10H,3,5-6,9H2,(H,18,19)/t10-/m1/s1. The number of amides is 1. The zero-order chi connectivity index (χ0) is 15.2. The number of carbonyl (C=O) groups is 2. The molecule has 0 aliphatic heterocycles. The lowest BCUT2D eigenvalue weighted by atomic mass is 9.95. The summed E-state index contributed by atoms with van der Waals surface area (Å²) in [4.78, 5) is 23.6. The minimum Gasteiger partial charge on any atom is -0.455 e. The van der Waals surface area contributed by atoms with Crippen molar-refractivity contribution in [3.8, 4) is 0 Å². The lowest BCUT2D eigenvalue weighted by molar-refractivity contribution is -0.151. The normalized spacial score (nSPS) is 17.3. The van der Waals surface area contributed by atoms with E-state index in [0.717, 1.165) is 12.8 Å². The smallest absolute Gasteiger partial charge is 0.309 e. The summed E-state index contributed by atoms with van der Waals surface area (Å²) in [5, 5.41) is 3.17. The van der Waals surface area contributed by atoms with Crippen molar-refractivity contribution < 1.29 is 14.3 Å². The van der Waals surface area contributed by atoms with Crippen LogP contribution in [0.25, 0.3) is 0 Å². The molecule has 0 heterocycles. The predicted octanol–water partition coefficient (Wildman–Crippen LogP) is 3.83. The highest BCUT2D eigenvalue weighted by Gasteiger charge is 2.21. The number of nitrogens with one attached hydrogen (secondary N) is 1. The van der Waals surface area contributed by atoms with E-state index in [2.05, 4.69) is 5.32 Å². The maximum atomic E-state index is 11.8. The van der Waals surface area contributed by atoms with Crippen LogP contribution in [0.2, 0.25) is 10.0 Å². The molecule has 0 aromatic heterocycles. The highest BCUT2D eigenvalue weighted by atomic mass is 35.5. The van der Waals surface area contributed by atoms with Gasteiger partial charge in [0.05, 0.1) is 21.7 Å². The first kappa shape index (κ1) is 15.9. The lowest BCUT2D eigenvalue weighted by Crippen LogP contribution is -2.25. The monoisotopic (exact) mass is 327 g/mol. The zero-order valence-electron chi connectivity index (χ0n) is 11.3. The van der Waals surface area contributed by atoms with Crippen molar-refractivity contribution in [3.05, 3.63) is 40.4 Å². The van der Waals surface area contributed by atoms with Crippen molar-refractivity contribution in [2.45, 2.75) is 19.3 Å². The summed E-state index contributed by atoms with van der Waals surface area (Å²) in [5.74, 6) is -0.942. The first-order chi connectivity index (χ1) is 10.1. The number of hydrogen-bond acceptors (Lipinski definition) is 3. The van der Waals surface area contributed by atoms with Crippen LogP contribution in [0.4, 0.5) is 5.69 Å². The van der Waals surface area contributed by atoms with E-state index < -0.39 is 5.91 Å². The molecule has 0 saturated heterocycles. The number of anilines is 1. The molecule has 4 nitrogen and oxygen atoms in total. The van der Waals surface area contributed by atoms with Crippen molar-refractivity contribution in [2.75, 3.05) is 11.9 Å². The van der Waals surface area contributed by atoms with E-state index in [4.69, 9.17) is 27.9 Å². The van der Waals surface area contributed by atoms with Gasteiger partial charge in [-0.2, -0.15) is 0 Å². The third-order valence-electron chi connectivity index (χ3n) is 3.17. The minimum absolute atomic E-state index is 0.155. The second-order valence-corrected chi connectivity index (χ2v) is 5.52. The average Bonchev–Trinajstić information content (AvgIpc) is 2.50. The van der Waals surface area contributed by atoms with Gasteiger partial charge in [-0.05, 0) is 31.4 Å². The molecule has 21 heavy (non-hydrogen) atoms. The minimum atomic E-state index is -0.445. The Morgan fingerprint density at radius 2 is 2.10 bits per heavy atom. The van der Waals surface area contributed by atoms with Crippen molar-refractivity contribution in [1.29, 1.82) is 0 Å². The van der Waals surface area contributed by atoms with Crippen LogP contribution in [0.15, 0.2) is 30.4 Å². The molecule has 0 bridgehead atoms. The molecule has 1 aromatic rings. The first-order valence-electron chi connectivity index (χ1n) is 6.63. The number of halogens is 2. The predicted molar refractivity (Wildman–Crippen MR) is 82.5 cm³/mol. The summed E-state index contributed by atoms with van der Waals surface area (Å²) in [7, 11) is 0. The van der Waals surface area contributed by atoms with E-state index in [0.29, 0.717) is 17.1 Å². The second-order valence-electron chi connectivity index (χ2n) is 4.74. The Kier molecular flexibility index (Phi) is 5.65. The molecule has 1 aromatic carbocycles. The van der Waals surface area contributed by atoms with Crippen LogP contribution in [-0.2, 0) is 14.3 Å². The van der Waals surface area contributed by atoms with Gasteiger partial charge >= 0.3 is 5.97 Å². The summed E-state index contributed by atoms with van der Waals surface area (Å²) < 4.78 is 5.02. The van der Waals surface area contributed by atoms with Crippen molar-refractivity contribution >= 4 is 40.8 Å². The van der Waals surface area contributed by atoms with Gasteiger partial charge in [-0.1, -0.05) is 41.4 Å². The molecule has 0 spiro atoms. The molecule has 0 saturated carbocycles. The quantitative estimate of drug-likeness (QED) is 0.675. The van der Waals surface area contributed by atoms with Gasteiger partial charge in [0, 0.05) is 0 Å². The molecular formula is C15H15Cl2NO3. The molecule has 0 radical (unpaired) electrons. The van der Waals surface area contributed by atoms with Gasteiger partial charge < -0.3 is 10.1 Å². The summed E-state index contributed by atoms with van der Waals surface area (Å²) >= 11 is 11.8. The third-order valence-corrected chi connectivity index (χ3v) is 3.99. The van der Waals surface area contributed by atoms with Crippen LogP contribution in [0.3, 0.4) is 0 Å². The molecule has 1 aliphatic rings. The number of esters is 1. The fourth-order valence-electron chi connectivity index (χ4n) is 2.05. The van der Waals surface area contributed by atoms with Gasteiger partial charge in [-0.15, -0.1) is 0 Å². The summed E-state index contributed by atoms with van der Waals surface area (Å²) in [6, 6.07) is 4.92. The highest BCUT2D eigenvalue weighted by molar-refractivity contribution is 6.43. The molecular weight excluding hydrogens is 313 g/mol.